The molecule has 0 spiro atoms. The number of carbonyl (C=O) groups excluding carboxylic acids is 1. The molecule has 108 valence electrons. The van der Waals surface area contributed by atoms with Crippen LogP contribution in [-0.2, 0) is 16.0 Å². The Morgan fingerprint density at radius 1 is 1.30 bits per heavy atom. The molecule has 0 aliphatic carbocycles. The number of amides is 1. The molecule has 1 N–H and O–H groups in total. The summed E-state index contributed by atoms with van der Waals surface area (Å²) in [6, 6.07) is 8.01. The van der Waals surface area contributed by atoms with E-state index in [0.717, 1.165) is 18.5 Å². The Hall–Kier alpha value is -1.84. The second-order valence-electron chi connectivity index (χ2n) is 5.59. The Balaban J connectivity index is 1.82. The zero-order valence-electron chi connectivity index (χ0n) is 11.8. The van der Waals surface area contributed by atoms with Gasteiger partial charge in [0.15, 0.2) is 0 Å². The number of likely N-dealkylation sites (tertiary alicyclic amines) is 1. The molecule has 0 bridgehead atoms. The van der Waals surface area contributed by atoms with Crippen LogP contribution in [0.15, 0.2) is 24.3 Å². The van der Waals surface area contributed by atoms with E-state index in [1.54, 1.807) is 0 Å². The lowest BCUT2D eigenvalue weighted by Gasteiger charge is -2.16. The van der Waals surface area contributed by atoms with Crippen LogP contribution in [-0.4, -0.2) is 35.0 Å². The Bertz CT molecular complexity index is 481. The summed E-state index contributed by atoms with van der Waals surface area (Å²) >= 11 is 0. The second kappa shape index (κ2) is 6.55. The minimum absolute atomic E-state index is 0.145. The Morgan fingerprint density at radius 2 is 2.00 bits per heavy atom. The molecule has 1 saturated heterocycles. The van der Waals surface area contributed by atoms with Crippen molar-refractivity contribution in [3.63, 3.8) is 0 Å². The molecule has 4 nitrogen and oxygen atoms in total. The van der Waals surface area contributed by atoms with Crippen LogP contribution >= 0.6 is 0 Å². The van der Waals surface area contributed by atoms with Crippen molar-refractivity contribution in [3.05, 3.63) is 35.4 Å². The van der Waals surface area contributed by atoms with Gasteiger partial charge in [0.2, 0.25) is 5.91 Å². The molecule has 1 amide bonds. The van der Waals surface area contributed by atoms with E-state index in [0.29, 0.717) is 25.3 Å². The fourth-order valence-electron chi connectivity index (χ4n) is 2.61. The molecule has 1 unspecified atom stereocenters. The first kappa shape index (κ1) is 14.6. The number of carboxylic acids is 1. The lowest BCUT2D eigenvalue weighted by atomic mass is 10.0. The normalized spacial score (nSPS) is 18.2. The Labute approximate surface area is 119 Å². The van der Waals surface area contributed by atoms with E-state index >= 15 is 0 Å². The van der Waals surface area contributed by atoms with Crippen molar-refractivity contribution in [2.24, 2.45) is 5.92 Å². The summed E-state index contributed by atoms with van der Waals surface area (Å²) in [6.07, 6.45) is 2.23. The number of carbonyl (C=O) groups is 2. The smallest absolute Gasteiger partial charge is 0.303 e. The van der Waals surface area contributed by atoms with Gasteiger partial charge in [0.05, 0.1) is 6.42 Å². The number of benzene rings is 1. The van der Waals surface area contributed by atoms with Gasteiger partial charge in [-0.2, -0.15) is 0 Å². The molecule has 1 aliphatic heterocycles. The number of hydrogen-bond acceptors (Lipinski definition) is 2. The van der Waals surface area contributed by atoms with E-state index in [2.05, 4.69) is 0 Å². The summed E-state index contributed by atoms with van der Waals surface area (Å²) in [6.45, 7) is 3.49. The molecule has 0 radical (unpaired) electrons. The van der Waals surface area contributed by atoms with Crippen molar-refractivity contribution in [2.45, 2.75) is 32.6 Å². The molecule has 1 atom stereocenters. The first-order chi connectivity index (χ1) is 9.54. The highest BCUT2D eigenvalue weighted by atomic mass is 16.4. The summed E-state index contributed by atoms with van der Waals surface area (Å²) in [7, 11) is 0. The predicted molar refractivity (Wildman–Crippen MR) is 76.4 cm³/mol. The fourth-order valence-corrected chi connectivity index (χ4v) is 2.61. The molecular weight excluding hydrogens is 254 g/mol. The molecule has 1 aliphatic rings. The van der Waals surface area contributed by atoms with Gasteiger partial charge in [-0.05, 0) is 31.2 Å². The van der Waals surface area contributed by atoms with Crippen LogP contribution in [0.2, 0.25) is 0 Å². The highest BCUT2D eigenvalue weighted by molar-refractivity contribution is 5.79. The van der Waals surface area contributed by atoms with Crippen LogP contribution in [0.5, 0.6) is 0 Å². The maximum atomic E-state index is 12.2. The lowest BCUT2D eigenvalue weighted by molar-refractivity contribution is -0.137. The summed E-state index contributed by atoms with van der Waals surface area (Å²) in [5.74, 6) is -0.269. The first-order valence-corrected chi connectivity index (χ1v) is 7.09. The summed E-state index contributed by atoms with van der Waals surface area (Å²) in [4.78, 5) is 24.6. The SMILES string of the molecule is Cc1ccc(CC(=O)N2CCC(CCC(=O)O)C2)cc1. The minimum Gasteiger partial charge on any atom is -0.481 e. The maximum Gasteiger partial charge on any atom is 0.303 e. The van der Waals surface area contributed by atoms with Gasteiger partial charge in [-0.25, -0.2) is 0 Å². The number of aryl methyl sites for hydroxylation is 1. The molecule has 1 aromatic rings. The van der Waals surface area contributed by atoms with Gasteiger partial charge in [0.1, 0.15) is 0 Å². The number of nitrogens with zero attached hydrogens (tertiary/aromatic N) is 1. The summed E-state index contributed by atoms with van der Waals surface area (Å²) in [5.41, 5.74) is 2.23. The van der Waals surface area contributed by atoms with E-state index in [9.17, 15) is 9.59 Å². The molecule has 2 rings (SSSR count). The maximum absolute atomic E-state index is 12.2. The third-order valence-corrected chi connectivity index (χ3v) is 3.88. The number of aliphatic carboxylic acids is 1. The van der Waals surface area contributed by atoms with Gasteiger partial charge in [0, 0.05) is 19.5 Å². The number of rotatable bonds is 5. The van der Waals surface area contributed by atoms with Gasteiger partial charge in [-0.1, -0.05) is 29.8 Å². The highest BCUT2D eigenvalue weighted by Crippen LogP contribution is 2.21. The molecule has 1 fully saturated rings. The molecule has 4 heteroatoms. The Morgan fingerprint density at radius 3 is 2.65 bits per heavy atom. The zero-order valence-corrected chi connectivity index (χ0v) is 11.8. The van der Waals surface area contributed by atoms with Gasteiger partial charge >= 0.3 is 5.97 Å². The van der Waals surface area contributed by atoms with Gasteiger partial charge < -0.3 is 10.0 Å². The molecule has 1 aromatic carbocycles. The standard InChI is InChI=1S/C16H21NO3/c1-12-2-4-13(5-3-12)10-15(18)17-9-8-14(11-17)6-7-16(19)20/h2-5,14H,6-11H2,1H3,(H,19,20). The van der Waals surface area contributed by atoms with E-state index in [-0.39, 0.29) is 12.3 Å². The van der Waals surface area contributed by atoms with Crippen molar-refractivity contribution in [1.29, 1.82) is 0 Å². The number of hydrogen-bond donors (Lipinski definition) is 1. The van der Waals surface area contributed by atoms with Crippen molar-refractivity contribution in [2.75, 3.05) is 13.1 Å². The van der Waals surface area contributed by atoms with E-state index in [4.69, 9.17) is 5.11 Å². The molecule has 0 saturated carbocycles. The molecule has 1 heterocycles. The predicted octanol–water partition coefficient (Wildman–Crippen LogP) is 2.25. The van der Waals surface area contributed by atoms with Crippen LogP contribution in [0.3, 0.4) is 0 Å². The van der Waals surface area contributed by atoms with Crippen molar-refractivity contribution < 1.29 is 14.7 Å². The average molecular weight is 275 g/mol. The highest BCUT2D eigenvalue weighted by Gasteiger charge is 2.26. The van der Waals surface area contributed by atoms with Gasteiger partial charge in [-0.15, -0.1) is 0 Å². The van der Waals surface area contributed by atoms with Crippen LogP contribution in [0.25, 0.3) is 0 Å². The largest absolute Gasteiger partial charge is 0.481 e. The average Bonchev–Trinajstić information content (AvgIpc) is 2.88. The first-order valence-electron chi connectivity index (χ1n) is 7.09. The summed E-state index contributed by atoms with van der Waals surface area (Å²) < 4.78 is 0. The third-order valence-electron chi connectivity index (χ3n) is 3.88. The van der Waals surface area contributed by atoms with Crippen LogP contribution < -0.4 is 0 Å². The van der Waals surface area contributed by atoms with E-state index in [1.165, 1.54) is 5.56 Å². The fraction of sp³-hybridized carbons (Fsp3) is 0.500. The monoisotopic (exact) mass is 275 g/mol. The van der Waals surface area contributed by atoms with Crippen LogP contribution in [0.4, 0.5) is 0 Å². The summed E-state index contributed by atoms with van der Waals surface area (Å²) in [5, 5.41) is 8.69. The van der Waals surface area contributed by atoms with Gasteiger partial charge in [0.25, 0.3) is 0 Å². The van der Waals surface area contributed by atoms with E-state index in [1.807, 2.05) is 36.1 Å². The third kappa shape index (κ3) is 4.08. The Kier molecular flexibility index (Phi) is 4.77. The van der Waals surface area contributed by atoms with E-state index < -0.39 is 5.97 Å². The molecule has 0 aromatic heterocycles. The van der Waals surface area contributed by atoms with Crippen molar-refractivity contribution in [1.82, 2.24) is 4.90 Å². The van der Waals surface area contributed by atoms with Crippen LogP contribution in [0, 0.1) is 12.8 Å². The topological polar surface area (TPSA) is 57.6 Å². The van der Waals surface area contributed by atoms with Crippen molar-refractivity contribution in [3.8, 4) is 0 Å². The van der Waals surface area contributed by atoms with Crippen LogP contribution in [0.1, 0.15) is 30.4 Å². The van der Waals surface area contributed by atoms with Gasteiger partial charge in [-0.3, -0.25) is 9.59 Å². The number of carboxylic acid groups (broad SMARTS) is 1. The molecular formula is C16H21NO3. The lowest BCUT2D eigenvalue weighted by Crippen LogP contribution is -2.30. The second-order valence-corrected chi connectivity index (χ2v) is 5.59. The van der Waals surface area contributed by atoms with Crippen molar-refractivity contribution >= 4 is 11.9 Å². The quantitative estimate of drug-likeness (QED) is 0.896. The minimum atomic E-state index is -0.755. The zero-order chi connectivity index (χ0) is 14.5. The molecule has 20 heavy (non-hydrogen) atoms.